The number of hydrogen-bond donors (Lipinski definition) is 0. The highest BCUT2D eigenvalue weighted by molar-refractivity contribution is 9.10. The van der Waals surface area contributed by atoms with Gasteiger partial charge in [0, 0.05) is 73.6 Å². The monoisotopic (exact) mass is 1270 g/mol. The molecule has 11 aromatic rings. The molecule has 0 unspecified atom stereocenters. The number of nitrogens with zero attached hydrogens (tertiary/aromatic N) is 4. The van der Waals surface area contributed by atoms with Gasteiger partial charge in [-0.3, -0.25) is 9.97 Å². The van der Waals surface area contributed by atoms with E-state index in [0.717, 1.165) is 63.9 Å². The second-order valence-electron chi connectivity index (χ2n) is 24.2. The van der Waals surface area contributed by atoms with Crippen molar-refractivity contribution in [2.75, 3.05) is 0 Å². The summed E-state index contributed by atoms with van der Waals surface area (Å²) in [5.41, 5.74) is 21.7. The van der Waals surface area contributed by atoms with Crippen molar-refractivity contribution >= 4 is 98.4 Å². The second kappa shape index (κ2) is 24.8. The Morgan fingerprint density at radius 3 is 1.08 bits per heavy atom. The Kier molecular flexibility index (Phi) is 16.9. The number of unbranched alkanes of at least 4 members (excludes halogenated alkanes) is 12. The molecule has 0 saturated heterocycles. The summed E-state index contributed by atoms with van der Waals surface area (Å²) in [7, 11) is 0. The Morgan fingerprint density at radius 2 is 0.690 bits per heavy atom. The molecular weight excluding hydrogens is 1190 g/mol. The van der Waals surface area contributed by atoms with Crippen LogP contribution >= 0.6 is 54.5 Å². The summed E-state index contributed by atoms with van der Waals surface area (Å²) in [6.07, 6.45) is 28.8. The van der Waals surface area contributed by atoms with E-state index >= 15 is 0 Å². The Balaban J connectivity index is 0.939. The van der Waals surface area contributed by atoms with Gasteiger partial charge in [-0.2, -0.15) is 0 Å². The molecule has 8 heteroatoms. The number of fused-ring (bicyclic) bond motifs is 13. The van der Waals surface area contributed by atoms with E-state index in [1.807, 2.05) is 35.1 Å². The van der Waals surface area contributed by atoms with E-state index in [2.05, 4.69) is 193 Å². The SMILES string of the molecule is CCCCCCC1(CCCCCC)c2ccccc2-c2ccc(-c3ccc(-c4ccc(-c5ccc(-c6ccc7c(c6)C(CCCCCC)(CCCCCC)c6ccccc6-7)s5)c5nc6c7cc(Br)cnc7c7ncc(Br)cc7c6nc45)s3)cc21. The van der Waals surface area contributed by atoms with E-state index in [1.54, 1.807) is 11.1 Å². The largest absolute Gasteiger partial charge is 0.253 e. The molecule has 0 spiro atoms. The minimum atomic E-state index is 0.0223. The van der Waals surface area contributed by atoms with Crippen LogP contribution in [0.5, 0.6) is 0 Å². The summed E-state index contributed by atoms with van der Waals surface area (Å²) in [5.74, 6) is 0. The zero-order chi connectivity index (χ0) is 57.4. The van der Waals surface area contributed by atoms with E-state index in [9.17, 15) is 0 Å². The van der Waals surface area contributed by atoms with Crippen molar-refractivity contribution < 1.29 is 0 Å². The fourth-order valence-electron chi connectivity index (χ4n) is 14.8. The molecule has 4 nitrogen and oxygen atoms in total. The van der Waals surface area contributed by atoms with Crippen LogP contribution in [0.1, 0.15) is 178 Å². The first-order valence-corrected chi connectivity index (χ1v) is 34.9. The Bertz CT molecular complexity index is 3930. The second-order valence-corrected chi connectivity index (χ2v) is 28.2. The first-order valence-electron chi connectivity index (χ1n) is 31.6. The van der Waals surface area contributed by atoms with Crippen LogP contribution < -0.4 is 0 Å². The van der Waals surface area contributed by atoms with Crippen LogP contribution in [0.15, 0.2) is 155 Å². The zero-order valence-corrected chi connectivity index (χ0v) is 54.2. The van der Waals surface area contributed by atoms with Crippen LogP contribution in [0.2, 0.25) is 0 Å². The minimum absolute atomic E-state index is 0.0223. The molecule has 5 aromatic heterocycles. The minimum Gasteiger partial charge on any atom is -0.253 e. The predicted molar refractivity (Wildman–Crippen MR) is 368 cm³/mol. The van der Waals surface area contributed by atoms with Gasteiger partial charge in [-0.05, 0) is 162 Å². The number of hydrogen-bond acceptors (Lipinski definition) is 6. The molecule has 0 fully saturated rings. The molecule has 0 radical (unpaired) electrons. The van der Waals surface area contributed by atoms with E-state index in [0.29, 0.717) is 0 Å². The van der Waals surface area contributed by atoms with Crippen LogP contribution in [0.4, 0.5) is 0 Å². The molecule has 0 saturated carbocycles. The Hall–Kier alpha value is -5.90. The molecule has 0 atom stereocenters. The molecule has 0 N–H and O–H groups in total. The molecular formula is C76H76Br2N4S2. The van der Waals surface area contributed by atoms with E-state index in [1.165, 1.54) is 192 Å². The van der Waals surface area contributed by atoms with Crippen molar-refractivity contribution in [1.82, 2.24) is 19.9 Å². The molecule has 2 aliphatic carbocycles. The fraction of sp³-hybridized carbons (Fsp3) is 0.342. The van der Waals surface area contributed by atoms with Gasteiger partial charge in [0.15, 0.2) is 0 Å². The van der Waals surface area contributed by atoms with Crippen LogP contribution in [0.25, 0.3) is 108 Å². The molecule has 426 valence electrons. The summed E-state index contributed by atoms with van der Waals surface area (Å²) in [5, 5.41) is 1.85. The summed E-state index contributed by atoms with van der Waals surface area (Å²) >= 11 is 11.3. The van der Waals surface area contributed by atoms with Crippen LogP contribution in [0.3, 0.4) is 0 Å². The summed E-state index contributed by atoms with van der Waals surface area (Å²) in [6.45, 7) is 9.31. The van der Waals surface area contributed by atoms with Crippen molar-refractivity contribution in [3.63, 3.8) is 0 Å². The molecule has 0 aliphatic heterocycles. The predicted octanol–water partition coefficient (Wildman–Crippen LogP) is 24.6. The number of benzene rings is 6. The average Bonchev–Trinajstić information content (AvgIpc) is 1.86. The van der Waals surface area contributed by atoms with E-state index in [-0.39, 0.29) is 10.8 Å². The zero-order valence-electron chi connectivity index (χ0n) is 49.4. The van der Waals surface area contributed by atoms with Gasteiger partial charge >= 0.3 is 0 Å². The lowest BCUT2D eigenvalue weighted by atomic mass is 9.70. The van der Waals surface area contributed by atoms with Crippen LogP contribution in [0, 0.1) is 0 Å². The van der Waals surface area contributed by atoms with Gasteiger partial charge in [0.2, 0.25) is 0 Å². The van der Waals surface area contributed by atoms with Gasteiger partial charge in [-0.25, -0.2) is 9.97 Å². The van der Waals surface area contributed by atoms with Gasteiger partial charge in [-0.15, -0.1) is 22.7 Å². The first kappa shape index (κ1) is 57.2. The maximum absolute atomic E-state index is 5.80. The smallest absolute Gasteiger partial charge is 0.0997 e. The molecule has 5 heterocycles. The van der Waals surface area contributed by atoms with Gasteiger partial charge in [-0.1, -0.05) is 215 Å². The Morgan fingerprint density at radius 1 is 0.333 bits per heavy atom. The van der Waals surface area contributed by atoms with Crippen molar-refractivity contribution in [2.45, 2.75) is 167 Å². The quantitative estimate of drug-likeness (QED) is 0.0344. The summed E-state index contributed by atoms with van der Waals surface area (Å²) in [4.78, 5) is 26.5. The van der Waals surface area contributed by atoms with Crippen molar-refractivity contribution in [1.29, 1.82) is 0 Å². The molecule has 13 rings (SSSR count). The molecule has 0 amide bonds. The third-order valence-corrected chi connectivity index (χ3v) is 22.1. The van der Waals surface area contributed by atoms with Crippen LogP contribution in [-0.4, -0.2) is 19.9 Å². The number of pyridine rings is 2. The van der Waals surface area contributed by atoms with Crippen molar-refractivity contribution in [3.8, 4) is 64.0 Å². The van der Waals surface area contributed by atoms with Crippen molar-refractivity contribution in [2.24, 2.45) is 0 Å². The highest BCUT2D eigenvalue weighted by atomic mass is 79.9. The number of halogens is 2. The van der Waals surface area contributed by atoms with Gasteiger partial charge in [0.1, 0.15) is 0 Å². The number of thiophene rings is 2. The third-order valence-electron chi connectivity index (χ3n) is 18.9. The lowest BCUT2D eigenvalue weighted by molar-refractivity contribution is 0.401. The maximum Gasteiger partial charge on any atom is 0.0997 e. The highest BCUT2D eigenvalue weighted by Crippen LogP contribution is 2.57. The Labute approximate surface area is 522 Å². The van der Waals surface area contributed by atoms with Gasteiger partial charge in [0.05, 0.1) is 33.1 Å². The molecule has 6 aromatic carbocycles. The average molecular weight is 1270 g/mol. The topological polar surface area (TPSA) is 51.6 Å². The van der Waals surface area contributed by atoms with E-state index in [4.69, 9.17) is 19.9 Å². The summed E-state index contributed by atoms with van der Waals surface area (Å²) in [6, 6.07) is 51.8. The maximum atomic E-state index is 5.80. The standard InChI is InChI=1S/C76H76Br2N4S2/c1-5-9-13-21-39-75(40-22-14-10-6-2)61-27-19-17-25-53(61)55-31-29-49(43-63(55)75)65-35-37-67(83-65)57-33-34-58(72-71(57)81-73-59-45-51(77)47-79-69(59)70-60(74(73)82-72)46-52(78)48-80-70)68-38-36-66(84-68)50-30-32-56-54-26-18-20-28-62(54)76(64(56)44-50,41-23-15-11-7-3)42-24-16-12-8-4/h17-20,25-38,43-48H,5-16,21-24,39-42H2,1-4H3. The first-order chi connectivity index (χ1) is 41.3. The number of aromatic nitrogens is 4. The lowest BCUT2D eigenvalue weighted by Gasteiger charge is -2.33. The van der Waals surface area contributed by atoms with Crippen LogP contribution in [-0.2, 0) is 10.8 Å². The van der Waals surface area contributed by atoms with E-state index < -0.39 is 0 Å². The third kappa shape index (κ3) is 10.4. The molecule has 84 heavy (non-hydrogen) atoms. The number of rotatable bonds is 24. The summed E-state index contributed by atoms with van der Waals surface area (Å²) < 4.78 is 1.78. The molecule has 2 aliphatic rings. The fourth-order valence-corrected chi connectivity index (χ4v) is 17.5. The lowest BCUT2D eigenvalue weighted by Crippen LogP contribution is -2.25. The van der Waals surface area contributed by atoms with Crippen molar-refractivity contribution in [3.05, 3.63) is 177 Å². The van der Waals surface area contributed by atoms with Gasteiger partial charge < -0.3 is 0 Å². The normalized spacial score (nSPS) is 13.8. The van der Waals surface area contributed by atoms with Gasteiger partial charge in [0.25, 0.3) is 0 Å². The molecule has 0 bridgehead atoms. The highest BCUT2D eigenvalue weighted by Gasteiger charge is 2.44.